The van der Waals surface area contributed by atoms with Crippen molar-refractivity contribution in [3.05, 3.63) is 0 Å². The van der Waals surface area contributed by atoms with Crippen molar-refractivity contribution in [3.63, 3.8) is 0 Å². The Kier molecular flexibility index (Phi) is 12.8. The number of aliphatic hydroxyl groups is 14. The first-order valence-corrected chi connectivity index (χ1v) is 14.1. The van der Waals surface area contributed by atoms with Crippen LogP contribution >= 0.6 is 0 Å². The normalized spacial score (nSPS) is 52.9. The summed E-state index contributed by atoms with van der Waals surface area (Å²) in [6.45, 7) is -2.99. The maximum Gasteiger partial charge on any atom is 0.187 e. The first-order chi connectivity index (χ1) is 21.2. The van der Waals surface area contributed by atoms with Crippen LogP contribution in [0.3, 0.4) is 0 Å². The molecule has 0 amide bonds. The van der Waals surface area contributed by atoms with Gasteiger partial charge in [0.05, 0.1) is 26.4 Å². The molecule has 4 aliphatic rings. The molecule has 20 unspecified atom stereocenters. The number of rotatable bonds is 10. The van der Waals surface area contributed by atoms with Gasteiger partial charge in [-0.15, -0.1) is 0 Å². The van der Waals surface area contributed by atoms with E-state index in [4.69, 9.17) is 33.2 Å². The van der Waals surface area contributed by atoms with Gasteiger partial charge in [-0.3, -0.25) is 0 Å². The van der Waals surface area contributed by atoms with Crippen LogP contribution in [-0.2, 0) is 33.2 Å². The van der Waals surface area contributed by atoms with E-state index in [0.717, 1.165) is 0 Å². The van der Waals surface area contributed by atoms with Crippen molar-refractivity contribution in [2.75, 3.05) is 26.4 Å². The number of ether oxygens (including phenoxy) is 7. The van der Waals surface area contributed by atoms with E-state index in [-0.39, 0.29) is 0 Å². The third-order valence-corrected chi connectivity index (χ3v) is 8.17. The maximum absolute atomic E-state index is 11.0. The van der Waals surface area contributed by atoms with Crippen molar-refractivity contribution in [1.29, 1.82) is 0 Å². The molecule has 4 aliphatic heterocycles. The van der Waals surface area contributed by atoms with Gasteiger partial charge in [-0.1, -0.05) is 0 Å². The molecule has 0 aromatic heterocycles. The Morgan fingerprint density at radius 2 is 0.778 bits per heavy atom. The second kappa shape index (κ2) is 15.6. The smallest absolute Gasteiger partial charge is 0.187 e. The molecule has 4 saturated heterocycles. The second-order valence-corrected chi connectivity index (χ2v) is 11.2. The third kappa shape index (κ3) is 7.75. The number of aliphatic hydroxyl groups excluding tert-OH is 14. The molecule has 0 spiro atoms. The topological polar surface area (TPSA) is 348 Å². The molecule has 45 heavy (non-hydrogen) atoms. The molecule has 0 aliphatic carbocycles. The molecule has 21 nitrogen and oxygen atoms in total. The Morgan fingerprint density at radius 1 is 0.378 bits per heavy atom. The monoisotopic (exact) mass is 666 g/mol. The van der Waals surface area contributed by atoms with Crippen LogP contribution in [0.1, 0.15) is 0 Å². The van der Waals surface area contributed by atoms with E-state index < -0.39 is 149 Å². The fourth-order valence-corrected chi connectivity index (χ4v) is 5.31. The van der Waals surface area contributed by atoms with Gasteiger partial charge in [0.25, 0.3) is 0 Å². The van der Waals surface area contributed by atoms with Crippen LogP contribution in [0.15, 0.2) is 0 Å². The van der Waals surface area contributed by atoms with E-state index in [2.05, 4.69) is 0 Å². The Hall–Kier alpha value is -0.840. The van der Waals surface area contributed by atoms with Gasteiger partial charge in [-0.25, -0.2) is 0 Å². The minimum atomic E-state index is -1.98. The first-order valence-electron chi connectivity index (χ1n) is 14.1. The Balaban J connectivity index is 1.50. The van der Waals surface area contributed by atoms with Gasteiger partial charge in [0.1, 0.15) is 97.7 Å². The predicted molar refractivity (Wildman–Crippen MR) is 134 cm³/mol. The molecule has 0 aromatic carbocycles. The minimum Gasteiger partial charge on any atom is -0.394 e. The van der Waals surface area contributed by atoms with Gasteiger partial charge >= 0.3 is 0 Å². The zero-order valence-corrected chi connectivity index (χ0v) is 23.5. The lowest BCUT2D eigenvalue weighted by molar-refractivity contribution is -0.376. The van der Waals surface area contributed by atoms with Gasteiger partial charge in [-0.2, -0.15) is 0 Å². The quantitative estimate of drug-likeness (QED) is 0.103. The molecule has 21 heteroatoms. The van der Waals surface area contributed by atoms with E-state index in [1.54, 1.807) is 0 Å². The summed E-state index contributed by atoms with van der Waals surface area (Å²) in [7, 11) is 0. The molecule has 0 saturated carbocycles. The molecule has 0 radical (unpaired) electrons. The standard InChI is InChI=1S/C24H42O21/c25-1-5-9(27)14(32)18(36)22(42-5)39-4-8-12(30)16(34)20(45-23-19(37)15(33)10(28)6(2-26)43-23)24(44-8)40-3-7-11(29)13(31)17(35)21(38)41-7/h5-38H,1-4H2. The summed E-state index contributed by atoms with van der Waals surface area (Å²) in [5.41, 5.74) is 0. The molecular weight excluding hydrogens is 624 g/mol. The van der Waals surface area contributed by atoms with Crippen LogP contribution in [-0.4, -0.2) is 221 Å². The van der Waals surface area contributed by atoms with E-state index >= 15 is 0 Å². The first kappa shape index (κ1) is 37.0. The highest BCUT2D eigenvalue weighted by Gasteiger charge is 2.53. The molecule has 20 atom stereocenters. The second-order valence-electron chi connectivity index (χ2n) is 11.2. The lowest BCUT2D eigenvalue weighted by Crippen LogP contribution is -2.65. The Bertz CT molecular complexity index is 912. The molecular formula is C24H42O21. The van der Waals surface area contributed by atoms with Crippen LogP contribution in [0.25, 0.3) is 0 Å². The van der Waals surface area contributed by atoms with E-state index in [9.17, 15) is 71.5 Å². The van der Waals surface area contributed by atoms with Gasteiger partial charge in [0, 0.05) is 0 Å². The van der Waals surface area contributed by atoms with Crippen LogP contribution in [0.5, 0.6) is 0 Å². The summed E-state index contributed by atoms with van der Waals surface area (Å²) < 4.78 is 37.9. The number of hydrogen-bond donors (Lipinski definition) is 14. The molecule has 4 heterocycles. The average molecular weight is 667 g/mol. The summed E-state index contributed by atoms with van der Waals surface area (Å²) in [5, 5.41) is 141. The average Bonchev–Trinajstić information content (AvgIpc) is 3.03. The van der Waals surface area contributed by atoms with Gasteiger partial charge < -0.3 is 105 Å². The lowest BCUT2D eigenvalue weighted by Gasteiger charge is -2.47. The minimum absolute atomic E-state index is 0.695. The molecule has 14 N–H and O–H groups in total. The van der Waals surface area contributed by atoms with Gasteiger partial charge in [0.2, 0.25) is 0 Å². The zero-order chi connectivity index (χ0) is 33.3. The van der Waals surface area contributed by atoms with Crippen molar-refractivity contribution in [2.24, 2.45) is 0 Å². The highest BCUT2D eigenvalue weighted by Crippen LogP contribution is 2.31. The molecule has 264 valence electrons. The predicted octanol–water partition coefficient (Wildman–Crippen LogP) is -9.75. The van der Waals surface area contributed by atoms with Crippen molar-refractivity contribution in [3.8, 4) is 0 Å². The molecule has 0 aromatic rings. The van der Waals surface area contributed by atoms with E-state index in [0.29, 0.717) is 0 Å². The maximum atomic E-state index is 11.0. The Morgan fingerprint density at radius 3 is 1.33 bits per heavy atom. The van der Waals surface area contributed by atoms with Crippen LogP contribution in [0.4, 0.5) is 0 Å². The van der Waals surface area contributed by atoms with Crippen molar-refractivity contribution in [1.82, 2.24) is 0 Å². The molecule has 4 fully saturated rings. The largest absolute Gasteiger partial charge is 0.394 e. The van der Waals surface area contributed by atoms with Crippen molar-refractivity contribution >= 4 is 0 Å². The number of hydrogen-bond acceptors (Lipinski definition) is 21. The fraction of sp³-hybridized carbons (Fsp3) is 1.00. The van der Waals surface area contributed by atoms with Gasteiger partial charge in [-0.05, 0) is 0 Å². The Labute approximate surface area is 254 Å². The third-order valence-electron chi connectivity index (χ3n) is 8.17. The summed E-state index contributed by atoms with van der Waals surface area (Å²) in [6.07, 6.45) is -35.1. The molecule has 0 bridgehead atoms. The highest BCUT2D eigenvalue weighted by molar-refractivity contribution is 4.95. The zero-order valence-electron chi connectivity index (χ0n) is 23.5. The summed E-state index contributed by atoms with van der Waals surface area (Å²) >= 11 is 0. The summed E-state index contributed by atoms with van der Waals surface area (Å²) in [4.78, 5) is 0. The SMILES string of the molecule is OCC1OC(OCC2OC(OCC3OC(O)C(O)C(O)C3O)C(OC3OC(CO)C(O)C(O)C3O)C(O)C2O)C(O)C(O)C1O. The van der Waals surface area contributed by atoms with E-state index in [1.165, 1.54) is 0 Å². The van der Waals surface area contributed by atoms with E-state index in [1.807, 2.05) is 0 Å². The lowest BCUT2D eigenvalue weighted by atomic mass is 9.97. The molecule has 4 rings (SSSR count). The highest BCUT2D eigenvalue weighted by atomic mass is 16.8. The van der Waals surface area contributed by atoms with Crippen molar-refractivity contribution < 1.29 is 105 Å². The summed E-state index contributed by atoms with van der Waals surface area (Å²) in [6, 6.07) is 0. The van der Waals surface area contributed by atoms with Crippen molar-refractivity contribution in [2.45, 2.75) is 123 Å². The van der Waals surface area contributed by atoms with Gasteiger partial charge in [0.15, 0.2) is 25.2 Å². The van der Waals surface area contributed by atoms with Crippen LogP contribution in [0.2, 0.25) is 0 Å². The summed E-state index contributed by atoms with van der Waals surface area (Å²) in [5.74, 6) is 0. The fourth-order valence-electron chi connectivity index (χ4n) is 5.31. The van der Waals surface area contributed by atoms with Crippen LogP contribution < -0.4 is 0 Å². The van der Waals surface area contributed by atoms with Crippen LogP contribution in [0, 0.1) is 0 Å².